The number of anilines is 1. The first-order valence-corrected chi connectivity index (χ1v) is 9.68. The van der Waals surface area contributed by atoms with Crippen LogP contribution in [0.25, 0.3) is 0 Å². The van der Waals surface area contributed by atoms with Gasteiger partial charge in [0.1, 0.15) is 5.82 Å². The average Bonchev–Trinajstić information content (AvgIpc) is 3.43. The minimum Gasteiger partial charge on any atom is -0.324 e. The number of nitrogens with one attached hydrogen (secondary N) is 1. The maximum Gasteiger partial charge on any atom is 0.225 e. The lowest BCUT2D eigenvalue weighted by atomic mass is 9.95. The minimum atomic E-state index is -0.376. The van der Waals surface area contributed by atoms with Crippen LogP contribution in [0.15, 0.2) is 24.3 Å². The Morgan fingerprint density at radius 1 is 1.12 bits per heavy atom. The minimum absolute atomic E-state index is 0.100. The number of benzene rings is 1. The molecule has 1 aliphatic carbocycles. The van der Waals surface area contributed by atoms with Gasteiger partial charge in [0.15, 0.2) is 0 Å². The van der Waals surface area contributed by atoms with E-state index in [4.69, 9.17) is 0 Å². The van der Waals surface area contributed by atoms with Gasteiger partial charge >= 0.3 is 0 Å². The molecule has 0 spiro atoms. The number of amides is 1. The van der Waals surface area contributed by atoms with Crippen molar-refractivity contribution >= 4 is 11.6 Å². The fourth-order valence-corrected chi connectivity index (χ4v) is 4.35. The number of para-hydroxylation sites is 1. The first-order valence-electron chi connectivity index (χ1n) is 9.68. The summed E-state index contributed by atoms with van der Waals surface area (Å²) < 4.78 is 13.6. The first-order chi connectivity index (χ1) is 12.2. The van der Waals surface area contributed by atoms with Gasteiger partial charge in [-0.05, 0) is 49.7 Å². The van der Waals surface area contributed by atoms with E-state index in [-0.39, 0.29) is 17.4 Å². The number of carbonyl (C=O) groups excluding carboxylic acids is 1. The standard InChI is InChI=1S/C20H28FN3O/c21-18-3-1-2-4-19(18)22-20(25)9-10-23-11-16-7-8-17(14-23)24(13-16)12-15-5-6-15/h1-4,15-17H,5-14H2,(H,22,25)/t16-,17+/m1/s1. The van der Waals surface area contributed by atoms with E-state index in [9.17, 15) is 9.18 Å². The molecule has 4 fully saturated rings. The third-order valence-corrected chi connectivity index (χ3v) is 5.90. The highest BCUT2D eigenvalue weighted by Gasteiger charge is 2.37. The number of rotatable bonds is 6. The van der Waals surface area contributed by atoms with Gasteiger partial charge in [0.2, 0.25) is 5.91 Å². The van der Waals surface area contributed by atoms with Crippen molar-refractivity contribution in [1.29, 1.82) is 0 Å². The second-order valence-electron chi connectivity index (χ2n) is 8.03. The van der Waals surface area contributed by atoms with Crippen LogP contribution in [0.1, 0.15) is 32.1 Å². The molecule has 0 radical (unpaired) electrons. The predicted octanol–water partition coefficient (Wildman–Crippen LogP) is 2.96. The molecule has 1 N–H and O–H groups in total. The Bertz CT molecular complexity index is 619. The zero-order chi connectivity index (χ0) is 17.2. The van der Waals surface area contributed by atoms with Gasteiger partial charge in [0, 0.05) is 45.2 Å². The monoisotopic (exact) mass is 345 g/mol. The Morgan fingerprint density at radius 3 is 2.76 bits per heavy atom. The molecule has 25 heavy (non-hydrogen) atoms. The lowest BCUT2D eigenvalue weighted by Crippen LogP contribution is -2.44. The largest absolute Gasteiger partial charge is 0.324 e. The molecule has 136 valence electrons. The molecule has 1 aromatic carbocycles. The van der Waals surface area contributed by atoms with E-state index >= 15 is 0 Å². The van der Waals surface area contributed by atoms with Gasteiger partial charge in [0.05, 0.1) is 5.69 Å². The van der Waals surface area contributed by atoms with Crippen LogP contribution in [-0.2, 0) is 4.79 Å². The summed E-state index contributed by atoms with van der Waals surface area (Å²) in [4.78, 5) is 17.3. The molecular weight excluding hydrogens is 317 g/mol. The van der Waals surface area contributed by atoms with Crippen LogP contribution in [0.4, 0.5) is 10.1 Å². The summed E-state index contributed by atoms with van der Waals surface area (Å²) in [5.74, 6) is 1.21. The second kappa shape index (κ2) is 7.42. The first kappa shape index (κ1) is 17.0. The molecule has 5 heteroatoms. The molecule has 3 heterocycles. The molecule has 1 aromatic rings. The molecule has 0 unspecified atom stereocenters. The molecule has 3 aliphatic heterocycles. The number of hydrogen-bond donors (Lipinski definition) is 1. The van der Waals surface area contributed by atoms with Crippen LogP contribution in [-0.4, -0.2) is 54.5 Å². The van der Waals surface area contributed by atoms with Gasteiger partial charge in [0.25, 0.3) is 0 Å². The highest BCUT2D eigenvalue weighted by Crippen LogP contribution is 2.34. The molecule has 2 atom stereocenters. The molecule has 5 rings (SSSR count). The molecule has 0 aromatic heterocycles. The molecule has 4 aliphatic rings. The third kappa shape index (κ3) is 4.39. The summed E-state index contributed by atoms with van der Waals surface area (Å²) in [6.07, 6.45) is 5.87. The van der Waals surface area contributed by atoms with Gasteiger partial charge in [-0.2, -0.15) is 0 Å². The quantitative estimate of drug-likeness (QED) is 0.861. The summed E-state index contributed by atoms with van der Waals surface area (Å²) in [5, 5.41) is 2.70. The predicted molar refractivity (Wildman–Crippen MR) is 96.9 cm³/mol. The van der Waals surface area contributed by atoms with E-state index in [0.717, 1.165) is 31.5 Å². The van der Waals surface area contributed by atoms with Gasteiger partial charge < -0.3 is 10.2 Å². The SMILES string of the molecule is O=C(CCN1C[C@H]2CC[C@@H](C1)N(CC1CC1)C2)Nc1ccccc1F. The number of piperidine rings is 1. The Hall–Kier alpha value is -1.46. The molecule has 1 amide bonds. The smallest absolute Gasteiger partial charge is 0.225 e. The Kier molecular flexibility index (Phi) is 5.04. The number of fused-ring (bicyclic) bond motifs is 4. The van der Waals surface area contributed by atoms with E-state index in [1.54, 1.807) is 18.2 Å². The van der Waals surface area contributed by atoms with Crippen LogP contribution >= 0.6 is 0 Å². The number of nitrogens with zero attached hydrogens (tertiary/aromatic N) is 2. The van der Waals surface area contributed by atoms with Crippen molar-refractivity contribution < 1.29 is 9.18 Å². The van der Waals surface area contributed by atoms with E-state index in [2.05, 4.69) is 15.1 Å². The fraction of sp³-hybridized carbons (Fsp3) is 0.650. The van der Waals surface area contributed by atoms with Crippen molar-refractivity contribution in [1.82, 2.24) is 9.80 Å². The second-order valence-corrected chi connectivity index (χ2v) is 8.03. The molecule has 3 saturated heterocycles. The average molecular weight is 345 g/mol. The maximum atomic E-state index is 13.6. The van der Waals surface area contributed by atoms with Gasteiger partial charge in [-0.25, -0.2) is 4.39 Å². The van der Waals surface area contributed by atoms with Crippen molar-refractivity contribution in [2.75, 3.05) is 38.0 Å². The zero-order valence-electron chi connectivity index (χ0n) is 14.8. The summed E-state index contributed by atoms with van der Waals surface area (Å²) in [6, 6.07) is 7.01. The topological polar surface area (TPSA) is 35.6 Å². The van der Waals surface area contributed by atoms with Crippen molar-refractivity contribution in [3.63, 3.8) is 0 Å². The molecular formula is C20H28FN3O. The van der Waals surface area contributed by atoms with Crippen molar-refractivity contribution in [3.8, 4) is 0 Å². The van der Waals surface area contributed by atoms with Crippen molar-refractivity contribution in [3.05, 3.63) is 30.1 Å². The van der Waals surface area contributed by atoms with Crippen LogP contribution in [0.3, 0.4) is 0 Å². The van der Waals surface area contributed by atoms with Crippen LogP contribution in [0.2, 0.25) is 0 Å². The molecule has 2 bridgehead atoms. The zero-order valence-corrected chi connectivity index (χ0v) is 14.8. The Balaban J connectivity index is 1.28. The van der Waals surface area contributed by atoms with Crippen LogP contribution < -0.4 is 5.32 Å². The fourth-order valence-electron chi connectivity index (χ4n) is 4.35. The summed E-state index contributed by atoms with van der Waals surface area (Å²) in [6.45, 7) is 5.47. The van der Waals surface area contributed by atoms with Gasteiger partial charge in [-0.15, -0.1) is 0 Å². The van der Waals surface area contributed by atoms with Crippen molar-refractivity contribution in [2.45, 2.75) is 38.1 Å². The third-order valence-electron chi connectivity index (χ3n) is 5.90. The summed E-state index contributed by atoms with van der Waals surface area (Å²) in [7, 11) is 0. The van der Waals surface area contributed by atoms with E-state index < -0.39 is 0 Å². The van der Waals surface area contributed by atoms with Gasteiger partial charge in [-0.1, -0.05) is 12.1 Å². The summed E-state index contributed by atoms with van der Waals surface area (Å²) >= 11 is 0. The van der Waals surface area contributed by atoms with E-state index in [1.807, 2.05) is 0 Å². The highest BCUT2D eigenvalue weighted by atomic mass is 19.1. The normalized spacial score (nSPS) is 27.2. The number of hydrogen-bond acceptors (Lipinski definition) is 3. The van der Waals surface area contributed by atoms with Crippen molar-refractivity contribution in [2.24, 2.45) is 11.8 Å². The van der Waals surface area contributed by atoms with E-state index in [0.29, 0.717) is 12.5 Å². The highest BCUT2D eigenvalue weighted by molar-refractivity contribution is 5.90. The van der Waals surface area contributed by atoms with E-state index in [1.165, 1.54) is 44.8 Å². The Labute approximate surface area is 149 Å². The van der Waals surface area contributed by atoms with Crippen LogP contribution in [0.5, 0.6) is 0 Å². The lowest BCUT2D eigenvalue weighted by Gasteiger charge is -2.36. The number of carbonyl (C=O) groups is 1. The summed E-state index contributed by atoms with van der Waals surface area (Å²) in [5.41, 5.74) is 0.277. The lowest BCUT2D eigenvalue weighted by molar-refractivity contribution is -0.116. The molecule has 4 nitrogen and oxygen atoms in total. The molecule has 1 saturated carbocycles. The van der Waals surface area contributed by atoms with Crippen LogP contribution in [0, 0.1) is 17.7 Å². The van der Waals surface area contributed by atoms with Gasteiger partial charge in [-0.3, -0.25) is 9.69 Å². The maximum absolute atomic E-state index is 13.6. The number of halogens is 1. The Morgan fingerprint density at radius 2 is 1.96 bits per heavy atom.